The first-order chi connectivity index (χ1) is 7.86. The monoisotopic (exact) mass is 234 g/mol. The molecular weight excluding hydrogens is 220 g/mol. The molecule has 0 spiro atoms. The van der Waals surface area contributed by atoms with E-state index in [1.54, 1.807) is 0 Å². The van der Waals surface area contributed by atoms with Crippen molar-refractivity contribution in [2.24, 2.45) is 0 Å². The van der Waals surface area contributed by atoms with Gasteiger partial charge in [0.05, 0.1) is 0 Å². The predicted molar refractivity (Wildman–Crippen MR) is 67.7 cm³/mol. The van der Waals surface area contributed by atoms with E-state index in [2.05, 4.69) is 22.4 Å². The molecule has 84 valence electrons. The molecular formula is C13H15ClN2. The minimum absolute atomic E-state index is 0.853. The fraction of sp³-hybridized carbons (Fsp3) is 0.231. The molecule has 0 saturated heterocycles. The topological polar surface area (TPSA) is 27.8 Å². The van der Waals surface area contributed by atoms with Crippen molar-refractivity contribution in [3.05, 3.63) is 58.9 Å². The van der Waals surface area contributed by atoms with E-state index in [0.29, 0.717) is 0 Å². The Bertz CT molecular complexity index is 423. The third-order valence-corrected chi connectivity index (χ3v) is 2.89. The summed E-state index contributed by atoms with van der Waals surface area (Å²) in [4.78, 5) is 3.04. The summed E-state index contributed by atoms with van der Waals surface area (Å²) in [6, 6.07) is 10.1. The van der Waals surface area contributed by atoms with Gasteiger partial charge in [-0.2, -0.15) is 0 Å². The van der Waals surface area contributed by atoms with Crippen molar-refractivity contribution in [1.29, 1.82) is 0 Å². The summed E-state index contributed by atoms with van der Waals surface area (Å²) in [5, 5.41) is 4.24. The van der Waals surface area contributed by atoms with Crippen LogP contribution in [0.2, 0.25) is 5.02 Å². The van der Waals surface area contributed by atoms with E-state index >= 15 is 0 Å². The Kier molecular flexibility index (Phi) is 4.03. The second kappa shape index (κ2) is 5.73. The molecule has 0 radical (unpaired) electrons. The van der Waals surface area contributed by atoms with E-state index in [1.165, 1.54) is 11.1 Å². The molecule has 0 atom stereocenters. The van der Waals surface area contributed by atoms with E-state index < -0.39 is 0 Å². The van der Waals surface area contributed by atoms with E-state index in [-0.39, 0.29) is 0 Å². The van der Waals surface area contributed by atoms with Crippen LogP contribution >= 0.6 is 11.6 Å². The molecule has 1 aromatic heterocycles. The van der Waals surface area contributed by atoms with Gasteiger partial charge in [-0.05, 0) is 36.2 Å². The van der Waals surface area contributed by atoms with Gasteiger partial charge in [0.2, 0.25) is 0 Å². The number of halogens is 1. The number of hydrogen-bond acceptors (Lipinski definition) is 1. The maximum absolute atomic E-state index is 6.07. The van der Waals surface area contributed by atoms with Crippen molar-refractivity contribution in [2.45, 2.75) is 13.0 Å². The molecule has 1 aromatic carbocycles. The Morgan fingerprint density at radius 2 is 2.06 bits per heavy atom. The highest BCUT2D eigenvalue weighted by atomic mass is 35.5. The van der Waals surface area contributed by atoms with Gasteiger partial charge in [0, 0.05) is 24.0 Å². The van der Waals surface area contributed by atoms with Crippen molar-refractivity contribution in [3.63, 3.8) is 0 Å². The van der Waals surface area contributed by atoms with Gasteiger partial charge in [0.1, 0.15) is 0 Å². The van der Waals surface area contributed by atoms with Crippen LogP contribution in [0.4, 0.5) is 0 Å². The maximum atomic E-state index is 6.07. The molecule has 0 saturated carbocycles. The first-order valence-electron chi connectivity index (χ1n) is 5.42. The summed E-state index contributed by atoms with van der Waals surface area (Å²) in [6.45, 7) is 1.84. The molecule has 0 unspecified atom stereocenters. The predicted octanol–water partition coefficient (Wildman–Crippen LogP) is 3.00. The zero-order chi connectivity index (χ0) is 11.2. The fourth-order valence-electron chi connectivity index (χ4n) is 1.63. The SMILES string of the molecule is Clc1ccccc1CCNCc1cc[nH]c1. The first-order valence-corrected chi connectivity index (χ1v) is 5.80. The van der Waals surface area contributed by atoms with Crippen molar-refractivity contribution >= 4 is 11.6 Å². The van der Waals surface area contributed by atoms with Gasteiger partial charge >= 0.3 is 0 Å². The van der Waals surface area contributed by atoms with Crippen LogP contribution in [0.3, 0.4) is 0 Å². The number of hydrogen-bond donors (Lipinski definition) is 2. The minimum Gasteiger partial charge on any atom is -0.367 e. The molecule has 0 fully saturated rings. The lowest BCUT2D eigenvalue weighted by atomic mass is 10.1. The van der Waals surface area contributed by atoms with Crippen LogP contribution in [0.5, 0.6) is 0 Å². The highest BCUT2D eigenvalue weighted by Crippen LogP contribution is 2.14. The van der Waals surface area contributed by atoms with Crippen LogP contribution in [0.1, 0.15) is 11.1 Å². The normalized spacial score (nSPS) is 10.6. The molecule has 2 rings (SSSR count). The van der Waals surface area contributed by atoms with Crippen LogP contribution in [0.15, 0.2) is 42.7 Å². The minimum atomic E-state index is 0.853. The standard InChI is InChI=1S/C13H15ClN2/c14-13-4-2-1-3-12(13)6-8-16-10-11-5-7-15-9-11/h1-5,7,9,15-16H,6,8,10H2. The largest absolute Gasteiger partial charge is 0.367 e. The Morgan fingerprint density at radius 3 is 2.81 bits per heavy atom. The second-order valence-corrected chi connectivity index (χ2v) is 4.14. The third-order valence-electron chi connectivity index (χ3n) is 2.52. The third kappa shape index (κ3) is 3.12. The van der Waals surface area contributed by atoms with Gasteiger partial charge in [-0.1, -0.05) is 29.8 Å². The summed E-state index contributed by atoms with van der Waals surface area (Å²) in [7, 11) is 0. The van der Waals surface area contributed by atoms with Crippen molar-refractivity contribution in [2.75, 3.05) is 6.54 Å². The number of aromatic amines is 1. The summed E-state index contributed by atoms with van der Waals surface area (Å²) >= 11 is 6.07. The van der Waals surface area contributed by atoms with Crippen LogP contribution in [0, 0.1) is 0 Å². The molecule has 0 aliphatic heterocycles. The molecule has 0 bridgehead atoms. The number of aromatic nitrogens is 1. The number of nitrogens with one attached hydrogen (secondary N) is 2. The zero-order valence-corrected chi connectivity index (χ0v) is 9.80. The Labute approximate surface area is 101 Å². The smallest absolute Gasteiger partial charge is 0.0438 e. The van der Waals surface area contributed by atoms with Gasteiger partial charge < -0.3 is 10.3 Å². The van der Waals surface area contributed by atoms with Crippen LogP contribution in [0.25, 0.3) is 0 Å². The second-order valence-electron chi connectivity index (χ2n) is 3.74. The number of H-pyrrole nitrogens is 1. The first kappa shape index (κ1) is 11.2. The molecule has 1 heterocycles. The highest BCUT2D eigenvalue weighted by Gasteiger charge is 1.98. The maximum Gasteiger partial charge on any atom is 0.0438 e. The molecule has 2 aromatic rings. The number of benzene rings is 1. The lowest BCUT2D eigenvalue weighted by molar-refractivity contribution is 0.687. The molecule has 16 heavy (non-hydrogen) atoms. The van der Waals surface area contributed by atoms with E-state index in [9.17, 15) is 0 Å². The van der Waals surface area contributed by atoms with Crippen LogP contribution in [-0.4, -0.2) is 11.5 Å². The summed E-state index contributed by atoms with van der Waals surface area (Å²) in [5.74, 6) is 0. The van der Waals surface area contributed by atoms with Crippen LogP contribution < -0.4 is 5.32 Å². The van der Waals surface area contributed by atoms with Crippen molar-refractivity contribution in [1.82, 2.24) is 10.3 Å². The summed E-state index contributed by atoms with van der Waals surface area (Å²) in [5.41, 5.74) is 2.48. The fourth-order valence-corrected chi connectivity index (χ4v) is 1.86. The molecule has 0 aliphatic rings. The average molecular weight is 235 g/mol. The van der Waals surface area contributed by atoms with Gasteiger partial charge in [-0.25, -0.2) is 0 Å². The summed E-state index contributed by atoms with van der Waals surface area (Å²) in [6.07, 6.45) is 4.90. The molecule has 3 heteroatoms. The van der Waals surface area contributed by atoms with E-state index in [1.807, 2.05) is 30.6 Å². The molecule has 2 nitrogen and oxygen atoms in total. The van der Waals surface area contributed by atoms with Gasteiger partial charge in [-0.3, -0.25) is 0 Å². The Hall–Kier alpha value is -1.25. The van der Waals surface area contributed by atoms with Gasteiger partial charge in [0.15, 0.2) is 0 Å². The van der Waals surface area contributed by atoms with Crippen molar-refractivity contribution < 1.29 is 0 Å². The van der Waals surface area contributed by atoms with Crippen molar-refractivity contribution in [3.8, 4) is 0 Å². The Balaban J connectivity index is 1.74. The average Bonchev–Trinajstić information content (AvgIpc) is 2.79. The Morgan fingerprint density at radius 1 is 1.19 bits per heavy atom. The van der Waals surface area contributed by atoms with Gasteiger partial charge in [0.25, 0.3) is 0 Å². The van der Waals surface area contributed by atoms with E-state index in [4.69, 9.17) is 11.6 Å². The lowest BCUT2D eigenvalue weighted by Crippen LogP contribution is -2.16. The van der Waals surface area contributed by atoms with Crippen LogP contribution in [-0.2, 0) is 13.0 Å². The molecule has 2 N–H and O–H groups in total. The highest BCUT2D eigenvalue weighted by molar-refractivity contribution is 6.31. The van der Waals surface area contributed by atoms with E-state index in [0.717, 1.165) is 24.5 Å². The summed E-state index contributed by atoms with van der Waals surface area (Å²) < 4.78 is 0. The lowest BCUT2D eigenvalue weighted by Gasteiger charge is -2.05. The quantitative estimate of drug-likeness (QED) is 0.765. The van der Waals surface area contributed by atoms with Gasteiger partial charge in [-0.15, -0.1) is 0 Å². The number of rotatable bonds is 5. The molecule has 0 amide bonds. The zero-order valence-electron chi connectivity index (χ0n) is 9.04. The molecule has 0 aliphatic carbocycles.